The number of nitrogen functional groups attached to an aromatic ring is 1. The summed E-state index contributed by atoms with van der Waals surface area (Å²) in [6.45, 7) is -0.925. The smallest absolute Gasteiger partial charge is 0.387 e. The fraction of sp³-hybridized carbons (Fsp3) is 0.571. The minimum Gasteiger partial charge on any atom is -0.432 e. The predicted molar refractivity (Wildman–Crippen MR) is 74.3 cm³/mol. The molecule has 1 aromatic carbocycles. The van der Waals surface area contributed by atoms with Crippen molar-refractivity contribution in [2.24, 2.45) is 5.92 Å². The summed E-state index contributed by atoms with van der Waals surface area (Å²) in [6, 6.07) is 2.27. The SMILES string of the molecule is COCC1CCN(c2cc(OC(F)F)c(F)cc2N)CC1. The van der Waals surface area contributed by atoms with Gasteiger partial charge in [-0.25, -0.2) is 4.39 Å². The van der Waals surface area contributed by atoms with E-state index in [4.69, 9.17) is 10.5 Å². The topological polar surface area (TPSA) is 47.7 Å². The van der Waals surface area contributed by atoms with Gasteiger partial charge in [-0.1, -0.05) is 0 Å². The summed E-state index contributed by atoms with van der Waals surface area (Å²) >= 11 is 0. The van der Waals surface area contributed by atoms with Crippen molar-refractivity contribution in [2.45, 2.75) is 19.5 Å². The van der Waals surface area contributed by atoms with Gasteiger partial charge in [-0.15, -0.1) is 0 Å². The van der Waals surface area contributed by atoms with Gasteiger partial charge in [0, 0.05) is 38.9 Å². The highest BCUT2D eigenvalue weighted by molar-refractivity contribution is 5.70. The van der Waals surface area contributed by atoms with E-state index >= 15 is 0 Å². The maximum Gasteiger partial charge on any atom is 0.387 e. The molecule has 0 aliphatic carbocycles. The van der Waals surface area contributed by atoms with Crippen LogP contribution in [0.25, 0.3) is 0 Å². The van der Waals surface area contributed by atoms with Crippen molar-refractivity contribution in [2.75, 3.05) is 37.4 Å². The number of benzene rings is 1. The van der Waals surface area contributed by atoms with Crippen molar-refractivity contribution < 1.29 is 22.6 Å². The molecule has 2 rings (SSSR count). The second-order valence-electron chi connectivity index (χ2n) is 5.11. The molecule has 21 heavy (non-hydrogen) atoms. The fourth-order valence-electron chi connectivity index (χ4n) is 2.59. The average molecular weight is 304 g/mol. The van der Waals surface area contributed by atoms with E-state index in [9.17, 15) is 13.2 Å². The zero-order valence-corrected chi connectivity index (χ0v) is 11.8. The van der Waals surface area contributed by atoms with Crippen LogP contribution in [0.5, 0.6) is 5.75 Å². The number of piperidine rings is 1. The highest BCUT2D eigenvalue weighted by Crippen LogP contribution is 2.34. The summed E-state index contributed by atoms with van der Waals surface area (Å²) in [7, 11) is 1.66. The lowest BCUT2D eigenvalue weighted by Gasteiger charge is -2.34. The number of nitrogens with two attached hydrogens (primary N) is 1. The molecule has 1 saturated heterocycles. The second-order valence-corrected chi connectivity index (χ2v) is 5.11. The molecule has 0 atom stereocenters. The van der Waals surface area contributed by atoms with Crippen LogP contribution in [-0.4, -0.2) is 33.4 Å². The minimum absolute atomic E-state index is 0.222. The lowest BCUT2D eigenvalue weighted by molar-refractivity contribution is -0.0521. The third kappa shape index (κ3) is 3.93. The Hall–Kier alpha value is -1.63. The first kappa shape index (κ1) is 15.8. The molecule has 0 radical (unpaired) electrons. The molecule has 0 spiro atoms. The summed E-state index contributed by atoms with van der Waals surface area (Å²) in [5, 5.41) is 0. The number of rotatable bonds is 5. The molecule has 7 heteroatoms. The lowest BCUT2D eigenvalue weighted by Crippen LogP contribution is -2.35. The normalized spacial score (nSPS) is 16.5. The van der Waals surface area contributed by atoms with Gasteiger partial charge in [-0.3, -0.25) is 0 Å². The molecular weight excluding hydrogens is 285 g/mol. The van der Waals surface area contributed by atoms with E-state index in [1.54, 1.807) is 7.11 Å². The summed E-state index contributed by atoms with van der Waals surface area (Å²) in [5.41, 5.74) is 6.55. The quantitative estimate of drug-likeness (QED) is 0.850. The number of anilines is 2. The number of methoxy groups -OCH3 is 1. The van der Waals surface area contributed by atoms with Crippen LogP contribution in [0.4, 0.5) is 24.5 Å². The van der Waals surface area contributed by atoms with E-state index in [2.05, 4.69) is 4.74 Å². The van der Waals surface area contributed by atoms with E-state index < -0.39 is 18.2 Å². The number of ether oxygens (including phenoxy) is 2. The van der Waals surface area contributed by atoms with Crippen LogP contribution in [0.3, 0.4) is 0 Å². The molecule has 0 aromatic heterocycles. The van der Waals surface area contributed by atoms with E-state index in [0.717, 1.165) is 32.0 Å². The molecule has 4 nitrogen and oxygen atoms in total. The predicted octanol–water partition coefficient (Wildman–Crippen LogP) is 2.87. The van der Waals surface area contributed by atoms with Gasteiger partial charge in [0.05, 0.1) is 11.4 Å². The third-order valence-corrected chi connectivity index (χ3v) is 3.65. The van der Waals surface area contributed by atoms with Crippen LogP contribution in [0.15, 0.2) is 12.1 Å². The Morgan fingerprint density at radius 2 is 2.00 bits per heavy atom. The number of alkyl halides is 2. The van der Waals surface area contributed by atoms with Crippen LogP contribution in [0.2, 0.25) is 0 Å². The van der Waals surface area contributed by atoms with Crippen LogP contribution < -0.4 is 15.4 Å². The molecule has 0 saturated carbocycles. The van der Waals surface area contributed by atoms with Gasteiger partial charge in [0.15, 0.2) is 11.6 Å². The van der Waals surface area contributed by atoms with Gasteiger partial charge >= 0.3 is 6.61 Å². The van der Waals surface area contributed by atoms with Crippen molar-refractivity contribution >= 4 is 11.4 Å². The standard InChI is InChI=1S/C14H19F3N2O2/c1-20-8-9-2-4-19(5-3-9)12-7-13(21-14(16)17)10(15)6-11(12)18/h6-7,9,14H,2-5,8,18H2,1H3. The van der Waals surface area contributed by atoms with Gasteiger partial charge < -0.3 is 20.1 Å². The molecule has 118 valence electrons. The number of nitrogens with zero attached hydrogens (tertiary/aromatic N) is 1. The summed E-state index contributed by atoms with van der Waals surface area (Å²) < 4.78 is 47.4. The van der Waals surface area contributed by atoms with Gasteiger partial charge in [-0.05, 0) is 18.8 Å². The largest absolute Gasteiger partial charge is 0.432 e. The fourth-order valence-corrected chi connectivity index (χ4v) is 2.59. The Kier molecular flexibility index (Phi) is 5.17. The molecule has 0 amide bonds. The number of hydrogen-bond acceptors (Lipinski definition) is 4. The van der Waals surface area contributed by atoms with E-state index in [1.807, 2.05) is 4.90 Å². The molecule has 0 unspecified atom stereocenters. The average Bonchev–Trinajstić information content (AvgIpc) is 2.43. The van der Waals surface area contributed by atoms with Crippen LogP contribution in [0, 0.1) is 11.7 Å². The maximum atomic E-state index is 13.5. The Morgan fingerprint density at radius 3 is 2.57 bits per heavy atom. The molecular formula is C14H19F3N2O2. The van der Waals surface area contributed by atoms with Gasteiger partial charge in [0.25, 0.3) is 0 Å². The summed E-state index contributed by atoms with van der Waals surface area (Å²) in [6.07, 6.45) is 1.82. The van der Waals surface area contributed by atoms with Crippen LogP contribution in [-0.2, 0) is 4.74 Å². The Labute approximate surface area is 121 Å². The first-order valence-corrected chi connectivity index (χ1v) is 6.79. The van der Waals surface area contributed by atoms with Crippen molar-refractivity contribution in [1.29, 1.82) is 0 Å². The summed E-state index contributed by atoms with van der Waals surface area (Å²) in [4.78, 5) is 1.96. The summed E-state index contributed by atoms with van der Waals surface area (Å²) in [5.74, 6) is -0.885. The minimum atomic E-state index is -3.07. The molecule has 1 aliphatic rings. The van der Waals surface area contributed by atoms with Crippen molar-refractivity contribution in [3.8, 4) is 5.75 Å². The highest BCUT2D eigenvalue weighted by Gasteiger charge is 2.22. The van der Waals surface area contributed by atoms with Gasteiger partial charge in [0.2, 0.25) is 0 Å². The molecule has 0 bridgehead atoms. The highest BCUT2D eigenvalue weighted by atomic mass is 19.3. The van der Waals surface area contributed by atoms with E-state index in [-0.39, 0.29) is 5.69 Å². The Morgan fingerprint density at radius 1 is 1.33 bits per heavy atom. The van der Waals surface area contributed by atoms with Gasteiger partial charge in [-0.2, -0.15) is 8.78 Å². The zero-order valence-electron chi connectivity index (χ0n) is 11.8. The van der Waals surface area contributed by atoms with Crippen LogP contribution >= 0.6 is 0 Å². The first-order chi connectivity index (χ1) is 10.0. The third-order valence-electron chi connectivity index (χ3n) is 3.65. The number of halogens is 3. The lowest BCUT2D eigenvalue weighted by atomic mass is 9.97. The van der Waals surface area contributed by atoms with Gasteiger partial charge in [0.1, 0.15) is 0 Å². The monoisotopic (exact) mass is 304 g/mol. The van der Waals surface area contributed by atoms with Crippen molar-refractivity contribution in [1.82, 2.24) is 0 Å². The molecule has 1 heterocycles. The zero-order chi connectivity index (χ0) is 15.4. The van der Waals surface area contributed by atoms with Crippen LogP contribution in [0.1, 0.15) is 12.8 Å². The number of hydrogen-bond donors (Lipinski definition) is 1. The maximum absolute atomic E-state index is 13.5. The molecule has 1 aromatic rings. The Bertz CT molecular complexity index is 478. The first-order valence-electron chi connectivity index (χ1n) is 6.79. The van der Waals surface area contributed by atoms with E-state index in [1.165, 1.54) is 6.07 Å². The second kappa shape index (κ2) is 6.89. The molecule has 2 N–H and O–H groups in total. The van der Waals surface area contributed by atoms with Crippen molar-refractivity contribution in [3.63, 3.8) is 0 Å². The van der Waals surface area contributed by atoms with Crippen molar-refractivity contribution in [3.05, 3.63) is 17.9 Å². The van der Waals surface area contributed by atoms with E-state index in [0.29, 0.717) is 18.2 Å². The Balaban J connectivity index is 2.12. The molecule has 1 fully saturated rings. The molecule has 1 aliphatic heterocycles.